The molecule has 1 amide bonds. The van der Waals surface area contributed by atoms with Gasteiger partial charge in [0.1, 0.15) is 11.6 Å². The summed E-state index contributed by atoms with van der Waals surface area (Å²) in [6.45, 7) is 1.31. The van der Waals surface area contributed by atoms with Crippen LogP contribution in [0.25, 0.3) is 0 Å². The zero-order valence-corrected chi connectivity index (χ0v) is 15.2. The molecule has 4 rings (SSSR count). The van der Waals surface area contributed by atoms with Crippen LogP contribution in [0.1, 0.15) is 21.5 Å². The SMILES string of the molecule is O=C(c1ccc(Nc2ccc(F)c(Cl)c2)nc1)N1CCc2ccccc2C1. The van der Waals surface area contributed by atoms with Gasteiger partial charge in [-0.2, -0.15) is 0 Å². The fourth-order valence-corrected chi connectivity index (χ4v) is 3.35. The molecule has 6 heteroatoms. The highest BCUT2D eigenvalue weighted by Crippen LogP contribution is 2.23. The first kappa shape index (κ1) is 17.5. The number of rotatable bonds is 3. The summed E-state index contributed by atoms with van der Waals surface area (Å²) >= 11 is 5.78. The Kier molecular flexibility index (Phi) is 4.77. The van der Waals surface area contributed by atoms with Crippen LogP contribution in [0.3, 0.4) is 0 Å². The summed E-state index contributed by atoms with van der Waals surface area (Å²) in [6, 6.07) is 16.0. The fourth-order valence-electron chi connectivity index (χ4n) is 3.17. The van der Waals surface area contributed by atoms with Crippen LogP contribution in [-0.4, -0.2) is 22.3 Å². The molecule has 1 aromatic heterocycles. The summed E-state index contributed by atoms with van der Waals surface area (Å²) in [4.78, 5) is 18.9. The van der Waals surface area contributed by atoms with Gasteiger partial charge in [0.2, 0.25) is 0 Å². The molecule has 1 aliphatic rings. The van der Waals surface area contributed by atoms with E-state index in [-0.39, 0.29) is 10.9 Å². The largest absolute Gasteiger partial charge is 0.340 e. The van der Waals surface area contributed by atoms with Crippen LogP contribution in [0.5, 0.6) is 0 Å². The van der Waals surface area contributed by atoms with Crippen LogP contribution in [0.15, 0.2) is 60.8 Å². The standard InChI is InChI=1S/C21H17ClFN3O/c22-18-11-17(6-7-19(18)23)25-20-8-5-15(12-24-20)21(27)26-10-9-14-3-1-2-4-16(14)13-26/h1-8,11-12H,9-10,13H2,(H,24,25). The molecule has 0 saturated heterocycles. The zero-order valence-electron chi connectivity index (χ0n) is 14.5. The van der Waals surface area contributed by atoms with E-state index >= 15 is 0 Å². The first-order valence-corrected chi connectivity index (χ1v) is 9.02. The first-order valence-electron chi connectivity index (χ1n) is 8.64. The predicted molar refractivity (Wildman–Crippen MR) is 104 cm³/mol. The number of benzene rings is 2. The Morgan fingerprint density at radius 3 is 2.67 bits per heavy atom. The van der Waals surface area contributed by atoms with E-state index in [4.69, 9.17) is 11.6 Å². The molecule has 0 spiro atoms. The highest BCUT2D eigenvalue weighted by Gasteiger charge is 2.21. The Bertz CT molecular complexity index is 991. The second-order valence-electron chi connectivity index (χ2n) is 6.43. The molecule has 0 unspecified atom stereocenters. The molecular formula is C21H17ClFN3O. The van der Waals surface area contributed by atoms with E-state index in [9.17, 15) is 9.18 Å². The minimum absolute atomic E-state index is 0.0339. The Morgan fingerprint density at radius 2 is 1.93 bits per heavy atom. The van der Waals surface area contributed by atoms with Crippen LogP contribution in [0, 0.1) is 5.82 Å². The normalized spacial score (nSPS) is 13.2. The number of carbonyl (C=O) groups is 1. The smallest absolute Gasteiger partial charge is 0.255 e. The summed E-state index contributed by atoms with van der Waals surface area (Å²) in [5, 5.41) is 3.08. The van der Waals surface area contributed by atoms with Crippen LogP contribution in [0.2, 0.25) is 5.02 Å². The van der Waals surface area contributed by atoms with Crippen molar-refractivity contribution < 1.29 is 9.18 Å². The number of hydrogen-bond acceptors (Lipinski definition) is 3. The molecule has 0 atom stereocenters. The third kappa shape index (κ3) is 3.78. The van der Waals surface area contributed by atoms with Gasteiger partial charge >= 0.3 is 0 Å². The monoisotopic (exact) mass is 381 g/mol. The third-order valence-corrected chi connectivity index (χ3v) is 4.91. The lowest BCUT2D eigenvalue weighted by Crippen LogP contribution is -2.35. The number of anilines is 2. The minimum Gasteiger partial charge on any atom is -0.340 e. The second kappa shape index (κ2) is 7.37. The lowest BCUT2D eigenvalue weighted by Gasteiger charge is -2.28. The van der Waals surface area contributed by atoms with Crippen LogP contribution < -0.4 is 5.32 Å². The van der Waals surface area contributed by atoms with Gasteiger partial charge in [0.05, 0.1) is 10.6 Å². The maximum absolute atomic E-state index is 13.2. The van der Waals surface area contributed by atoms with Crippen molar-refractivity contribution in [3.05, 3.63) is 88.3 Å². The van der Waals surface area contributed by atoms with Crippen molar-refractivity contribution in [2.45, 2.75) is 13.0 Å². The minimum atomic E-state index is -0.473. The Hall–Kier alpha value is -2.92. The van der Waals surface area contributed by atoms with Gasteiger partial charge < -0.3 is 10.2 Å². The van der Waals surface area contributed by atoms with Crippen molar-refractivity contribution in [3.8, 4) is 0 Å². The van der Waals surface area contributed by atoms with Crippen molar-refractivity contribution in [3.63, 3.8) is 0 Å². The van der Waals surface area contributed by atoms with E-state index in [1.54, 1.807) is 24.4 Å². The van der Waals surface area contributed by atoms with Gasteiger partial charge in [0, 0.05) is 25.0 Å². The van der Waals surface area contributed by atoms with E-state index in [1.807, 2.05) is 17.0 Å². The van der Waals surface area contributed by atoms with Crippen LogP contribution in [-0.2, 0) is 13.0 Å². The molecule has 2 heterocycles. The van der Waals surface area contributed by atoms with Gasteiger partial charge in [0.15, 0.2) is 0 Å². The van der Waals surface area contributed by atoms with Gasteiger partial charge in [-0.15, -0.1) is 0 Å². The molecule has 0 aliphatic carbocycles. The molecule has 0 saturated carbocycles. The highest BCUT2D eigenvalue weighted by molar-refractivity contribution is 6.31. The quantitative estimate of drug-likeness (QED) is 0.707. The molecule has 4 nitrogen and oxygen atoms in total. The van der Waals surface area contributed by atoms with Crippen molar-refractivity contribution in [1.29, 1.82) is 0 Å². The number of nitrogens with zero attached hydrogens (tertiary/aromatic N) is 2. The third-order valence-electron chi connectivity index (χ3n) is 4.62. The number of halogens is 2. The van der Waals surface area contributed by atoms with Gasteiger partial charge in [-0.1, -0.05) is 35.9 Å². The summed E-state index contributed by atoms with van der Waals surface area (Å²) in [7, 11) is 0. The molecule has 1 N–H and O–H groups in total. The van der Waals surface area contributed by atoms with Crippen LogP contribution in [0.4, 0.5) is 15.9 Å². The number of pyridine rings is 1. The Morgan fingerprint density at radius 1 is 1.11 bits per heavy atom. The molecular weight excluding hydrogens is 365 g/mol. The van der Waals surface area contributed by atoms with Gasteiger partial charge in [-0.3, -0.25) is 4.79 Å². The number of amides is 1. The molecule has 0 radical (unpaired) electrons. The molecule has 2 aromatic carbocycles. The van der Waals surface area contributed by atoms with Crippen molar-refractivity contribution >= 4 is 29.0 Å². The lowest BCUT2D eigenvalue weighted by atomic mass is 9.99. The maximum Gasteiger partial charge on any atom is 0.255 e. The van der Waals surface area contributed by atoms with Gasteiger partial charge in [0.25, 0.3) is 5.91 Å². The van der Waals surface area contributed by atoms with Crippen LogP contribution >= 0.6 is 11.6 Å². The number of hydrogen-bond donors (Lipinski definition) is 1. The molecule has 3 aromatic rings. The second-order valence-corrected chi connectivity index (χ2v) is 6.84. The average molecular weight is 382 g/mol. The zero-order chi connectivity index (χ0) is 18.8. The molecule has 1 aliphatic heterocycles. The Labute approximate surface area is 161 Å². The van der Waals surface area contributed by atoms with E-state index in [1.165, 1.54) is 23.3 Å². The molecule has 0 fully saturated rings. The number of carbonyl (C=O) groups excluding carboxylic acids is 1. The van der Waals surface area contributed by atoms with Crippen molar-refractivity contribution in [1.82, 2.24) is 9.88 Å². The summed E-state index contributed by atoms with van der Waals surface area (Å²) in [5.74, 6) is 0.0471. The molecule has 27 heavy (non-hydrogen) atoms. The van der Waals surface area contributed by atoms with Gasteiger partial charge in [-0.25, -0.2) is 9.37 Å². The predicted octanol–water partition coefficient (Wildman–Crippen LogP) is 4.82. The van der Waals surface area contributed by atoms with Crippen molar-refractivity contribution in [2.24, 2.45) is 0 Å². The first-order chi connectivity index (χ1) is 13.1. The van der Waals surface area contributed by atoms with E-state index < -0.39 is 5.82 Å². The topological polar surface area (TPSA) is 45.2 Å². The number of fused-ring (bicyclic) bond motifs is 1. The molecule has 0 bridgehead atoms. The fraction of sp³-hybridized carbons (Fsp3) is 0.143. The Balaban J connectivity index is 1.46. The summed E-state index contributed by atoms with van der Waals surface area (Å²) in [6.07, 6.45) is 2.41. The van der Waals surface area contributed by atoms with Crippen molar-refractivity contribution in [2.75, 3.05) is 11.9 Å². The summed E-state index contributed by atoms with van der Waals surface area (Å²) < 4.78 is 13.2. The van der Waals surface area contributed by atoms with E-state index in [2.05, 4.69) is 22.4 Å². The maximum atomic E-state index is 13.2. The number of nitrogens with one attached hydrogen (secondary N) is 1. The lowest BCUT2D eigenvalue weighted by molar-refractivity contribution is 0.0734. The highest BCUT2D eigenvalue weighted by atomic mass is 35.5. The van der Waals surface area contributed by atoms with E-state index in [0.717, 1.165) is 6.42 Å². The average Bonchev–Trinajstić information content (AvgIpc) is 2.70. The van der Waals surface area contributed by atoms with Gasteiger partial charge in [-0.05, 0) is 47.9 Å². The van der Waals surface area contributed by atoms with E-state index in [0.29, 0.717) is 30.2 Å². The summed E-state index contributed by atoms with van der Waals surface area (Å²) in [5.41, 5.74) is 3.66. The number of aromatic nitrogens is 1. The molecule has 136 valence electrons.